The smallest absolute Gasteiger partial charge is 0.239 e. The second kappa shape index (κ2) is 6.95. The maximum absolute atomic E-state index is 12.3. The summed E-state index contributed by atoms with van der Waals surface area (Å²) >= 11 is 0. The van der Waals surface area contributed by atoms with Crippen LogP contribution in [0.25, 0.3) is 0 Å². The van der Waals surface area contributed by atoms with Crippen molar-refractivity contribution in [2.75, 3.05) is 25.0 Å². The molecule has 0 bridgehead atoms. The quantitative estimate of drug-likeness (QED) is 0.884. The number of amides is 1. The molecule has 1 saturated heterocycles. The van der Waals surface area contributed by atoms with E-state index in [4.69, 9.17) is 0 Å². The van der Waals surface area contributed by atoms with Crippen LogP contribution in [0.2, 0.25) is 0 Å². The van der Waals surface area contributed by atoms with Gasteiger partial charge in [0.05, 0.1) is 12.7 Å². The highest BCUT2D eigenvalue weighted by molar-refractivity contribution is 5.91. The molecule has 3 heterocycles. The van der Waals surface area contributed by atoms with Crippen molar-refractivity contribution in [1.82, 2.24) is 24.9 Å². The molecule has 7 heteroatoms. The number of nitrogens with one attached hydrogen (secondary N) is 2. The van der Waals surface area contributed by atoms with Crippen LogP contribution in [0.1, 0.15) is 44.3 Å². The van der Waals surface area contributed by atoms with E-state index in [0.29, 0.717) is 12.5 Å². The summed E-state index contributed by atoms with van der Waals surface area (Å²) in [4.78, 5) is 14.5. The summed E-state index contributed by atoms with van der Waals surface area (Å²) in [5, 5.41) is 14.3. The van der Waals surface area contributed by atoms with Crippen LogP contribution in [-0.4, -0.2) is 50.4 Å². The van der Waals surface area contributed by atoms with Gasteiger partial charge in [-0.05, 0) is 39.3 Å². The molecule has 1 atom stereocenters. The van der Waals surface area contributed by atoms with E-state index in [2.05, 4.69) is 25.5 Å². The lowest BCUT2D eigenvalue weighted by Crippen LogP contribution is -2.40. The van der Waals surface area contributed by atoms with Crippen molar-refractivity contribution in [3.05, 3.63) is 30.2 Å². The number of likely N-dealkylation sites (tertiary alicyclic amines) is 1. The van der Waals surface area contributed by atoms with Crippen molar-refractivity contribution in [3.8, 4) is 0 Å². The van der Waals surface area contributed by atoms with Crippen LogP contribution in [0.3, 0.4) is 0 Å². The second-order valence-corrected chi connectivity index (χ2v) is 6.39. The van der Waals surface area contributed by atoms with Crippen LogP contribution in [0.4, 0.5) is 5.82 Å². The summed E-state index contributed by atoms with van der Waals surface area (Å²) in [6, 6.07) is 4.08. The molecule has 0 unspecified atom stereocenters. The molecule has 23 heavy (non-hydrogen) atoms. The third kappa shape index (κ3) is 3.79. The Morgan fingerprint density at radius 3 is 3.04 bits per heavy atom. The number of carbonyl (C=O) groups is 1. The number of carbonyl (C=O) groups excluding carboxylic acids is 1. The molecule has 0 saturated carbocycles. The highest BCUT2D eigenvalue weighted by Gasteiger charge is 2.24. The molecule has 124 valence electrons. The van der Waals surface area contributed by atoms with E-state index in [-0.39, 0.29) is 11.9 Å². The molecule has 7 nitrogen and oxygen atoms in total. The first-order valence-corrected chi connectivity index (χ1v) is 8.18. The molecule has 0 spiro atoms. The van der Waals surface area contributed by atoms with Crippen LogP contribution in [0.5, 0.6) is 0 Å². The van der Waals surface area contributed by atoms with Crippen LogP contribution in [0.15, 0.2) is 24.5 Å². The van der Waals surface area contributed by atoms with E-state index >= 15 is 0 Å². The summed E-state index contributed by atoms with van der Waals surface area (Å²) < 4.78 is 1.82. The van der Waals surface area contributed by atoms with E-state index in [1.807, 2.05) is 30.7 Å². The van der Waals surface area contributed by atoms with Crippen LogP contribution >= 0.6 is 0 Å². The molecule has 1 aliphatic heterocycles. The van der Waals surface area contributed by atoms with Gasteiger partial charge < -0.3 is 5.32 Å². The topological polar surface area (TPSA) is 78.8 Å². The number of anilines is 1. The predicted octanol–water partition coefficient (Wildman–Crippen LogP) is 2.01. The summed E-state index contributed by atoms with van der Waals surface area (Å²) in [5.41, 5.74) is 1.16. The van der Waals surface area contributed by atoms with E-state index in [1.165, 1.54) is 0 Å². The summed E-state index contributed by atoms with van der Waals surface area (Å²) in [6.07, 6.45) is 5.74. The highest BCUT2D eigenvalue weighted by atomic mass is 16.2. The first-order chi connectivity index (χ1) is 11.1. The maximum Gasteiger partial charge on any atom is 0.239 e. The average Bonchev–Trinajstić information content (AvgIpc) is 3.18. The van der Waals surface area contributed by atoms with Crippen LogP contribution in [0, 0.1) is 0 Å². The first-order valence-electron chi connectivity index (χ1n) is 8.18. The number of hydrogen-bond donors (Lipinski definition) is 2. The third-order valence-corrected chi connectivity index (χ3v) is 4.26. The van der Waals surface area contributed by atoms with Crippen LogP contribution in [-0.2, 0) is 4.79 Å². The van der Waals surface area contributed by atoms with Gasteiger partial charge in [0.1, 0.15) is 5.82 Å². The number of piperidine rings is 1. The molecular weight excluding hydrogens is 292 g/mol. The van der Waals surface area contributed by atoms with Crippen molar-refractivity contribution in [3.63, 3.8) is 0 Å². The number of rotatable bonds is 5. The normalized spacial score (nSPS) is 19.2. The number of H-pyrrole nitrogens is 1. The van der Waals surface area contributed by atoms with Gasteiger partial charge in [-0.15, -0.1) is 0 Å². The molecule has 3 rings (SSSR count). The number of aromatic amines is 1. The van der Waals surface area contributed by atoms with Crippen molar-refractivity contribution in [1.29, 1.82) is 0 Å². The summed E-state index contributed by atoms with van der Waals surface area (Å²) in [7, 11) is 0. The second-order valence-electron chi connectivity index (χ2n) is 6.39. The zero-order valence-electron chi connectivity index (χ0n) is 13.7. The minimum atomic E-state index is 0.0117. The zero-order valence-corrected chi connectivity index (χ0v) is 13.7. The fourth-order valence-electron chi connectivity index (χ4n) is 3.16. The van der Waals surface area contributed by atoms with Crippen LogP contribution < -0.4 is 5.32 Å². The van der Waals surface area contributed by atoms with E-state index < -0.39 is 0 Å². The van der Waals surface area contributed by atoms with Gasteiger partial charge in [0, 0.05) is 36.5 Å². The Hall–Kier alpha value is -2.15. The van der Waals surface area contributed by atoms with Gasteiger partial charge >= 0.3 is 0 Å². The molecule has 2 aromatic rings. The molecule has 0 aromatic carbocycles. The Morgan fingerprint density at radius 2 is 2.30 bits per heavy atom. The third-order valence-electron chi connectivity index (χ3n) is 4.26. The fraction of sp³-hybridized carbons (Fsp3) is 0.562. The van der Waals surface area contributed by atoms with Gasteiger partial charge in [-0.1, -0.05) is 0 Å². The average molecular weight is 316 g/mol. The molecule has 1 amide bonds. The maximum atomic E-state index is 12.3. The molecule has 0 aliphatic carbocycles. The van der Waals surface area contributed by atoms with Crippen molar-refractivity contribution < 1.29 is 4.79 Å². The molecule has 2 N–H and O–H groups in total. The van der Waals surface area contributed by atoms with Gasteiger partial charge in [-0.3, -0.25) is 14.8 Å². The lowest BCUT2D eigenvalue weighted by Gasteiger charge is -2.31. The number of nitrogens with zero attached hydrogens (tertiary/aromatic N) is 4. The lowest BCUT2D eigenvalue weighted by molar-refractivity contribution is -0.117. The minimum absolute atomic E-state index is 0.0117. The summed E-state index contributed by atoms with van der Waals surface area (Å²) in [5.74, 6) is 1.20. The van der Waals surface area contributed by atoms with Crippen molar-refractivity contribution in [2.24, 2.45) is 0 Å². The van der Waals surface area contributed by atoms with Gasteiger partial charge in [0.2, 0.25) is 5.91 Å². The van der Waals surface area contributed by atoms with Gasteiger partial charge in [0.25, 0.3) is 0 Å². The first kappa shape index (κ1) is 15.7. The fourth-order valence-corrected chi connectivity index (χ4v) is 3.16. The lowest BCUT2D eigenvalue weighted by atomic mass is 9.95. The van der Waals surface area contributed by atoms with Gasteiger partial charge in [-0.25, -0.2) is 4.68 Å². The Balaban J connectivity index is 1.56. The summed E-state index contributed by atoms with van der Waals surface area (Å²) in [6.45, 7) is 6.35. The Kier molecular flexibility index (Phi) is 4.76. The molecule has 0 radical (unpaired) electrons. The Morgan fingerprint density at radius 1 is 1.43 bits per heavy atom. The van der Waals surface area contributed by atoms with Crippen molar-refractivity contribution >= 4 is 11.7 Å². The van der Waals surface area contributed by atoms with E-state index in [9.17, 15) is 4.79 Å². The molecule has 2 aromatic heterocycles. The van der Waals surface area contributed by atoms with Gasteiger partial charge in [0.15, 0.2) is 0 Å². The predicted molar refractivity (Wildman–Crippen MR) is 88.2 cm³/mol. The van der Waals surface area contributed by atoms with E-state index in [1.54, 1.807) is 12.4 Å². The monoisotopic (exact) mass is 316 g/mol. The van der Waals surface area contributed by atoms with E-state index in [0.717, 1.165) is 37.4 Å². The number of aromatic nitrogens is 4. The number of hydrogen-bond acceptors (Lipinski definition) is 4. The highest BCUT2D eigenvalue weighted by Crippen LogP contribution is 2.25. The largest absolute Gasteiger partial charge is 0.310 e. The molecule has 1 aliphatic rings. The molecule has 1 fully saturated rings. The minimum Gasteiger partial charge on any atom is -0.310 e. The Bertz CT molecular complexity index is 633. The standard InChI is InChI=1S/C16H24N6O/c1-12(2)22-15(6-8-18-22)19-16(23)11-21-9-3-4-13(10-21)14-5-7-17-20-14/h5-8,12-13H,3-4,9-11H2,1-2H3,(H,17,20)(H,19,23)/t13-/m1/s1. The molecular formula is C16H24N6O. The van der Waals surface area contributed by atoms with Crippen molar-refractivity contribution in [2.45, 2.75) is 38.6 Å². The van der Waals surface area contributed by atoms with Gasteiger partial charge in [-0.2, -0.15) is 10.2 Å². The Labute approximate surface area is 136 Å². The SMILES string of the molecule is CC(C)n1nccc1NC(=O)CN1CCC[C@@H](c2ccn[nH]2)C1. The zero-order chi connectivity index (χ0) is 16.2.